The maximum Gasteiger partial charge on any atom is 0.494 e. The van der Waals surface area contributed by atoms with Crippen LogP contribution >= 0.6 is 0 Å². The van der Waals surface area contributed by atoms with Gasteiger partial charge in [0.1, 0.15) is 0 Å². The van der Waals surface area contributed by atoms with E-state index in [9.17, 15) is 5.11 Å². The summed E-state index contributed by atoms with van der Waals surface area (Å²) in [5.74, 6) is 0. The molecule has 1 aliphatic heterocycles. The number of aliphatic hydroxyl groups is 1. The second-order valence-electron chi connectivity index (χ2n) is 7.45. The third-order valence-corrected chi connectivity index (χ3v) is 5.40. The molecule has 2 fully saturated rings. The molecule has 1 saturated heterocycles. The summed E-state index contributed by atoms with van der Waals surface area (Å²) >= 11 is 0. The van der Waals surface area contributed by atoms with Crippen molar-refractivity contribution >= 4 is 12.6 Å². The summed E-state index contributed by atoms with van der Waals surface area (Å²) in [5.41, 5.74) is 0.758. The predicted molar refractivity (Wildman–Crippen MR) is 84.5 cm³/mol. The van der Waals surface area contributed by atoms with Gasteiger partial charge in [0.2, 0.25) is 0 Å². The lowest BCUT2D eigenvalue weighted by molar-refractivity contribution is 0.00578. The van der Waals surface area contributed by atoms with Crippen molar-refractivity contribution in [3.63, 3.8) is 0 Å². The summed E-state index contributed by atoms with van der Waals surface area (Å²) in [4.78, 5) is 0. The van der Waals surface area contributed by atoms with Crippen molar-refractivity contribution in [2.75, 3.05) is 0 Å². The zero-order chi connectivity index (χ0) is 15.3. The molecule has 0 unspecified atom stereocenters. The number of rotatable bonds is 2. The average molecular weight is 288 g/mol. The Morgan fingerprint density at radius 2 is 1.38 bits per heavy atom. The Morgan fingerprint density at radius 3 is 1.86 bits per heavy atom. The first-order chi connectivity index (χ1) is 9.74. The van der Waals surface area contributed by atoms with E-state index in [0.717, 1.165) is 36.7 Å². The molecular formula is C17H25BO3. The molecule has 1 N–H and O–H groups in total. The SMILES string of the molecule is CC1(C)OB(c2ccc(C3(O)CCCC3)cc2)OC1(C)C. The van der Waals surface area contributed by atoms with Crippen LogP contribution in [0, 0.1) is 0 Å². The molecule has 0 spiro atoms. The molecule has 1 heterocycles. The molecule has 3 rings (SSSR count). The number of hydrogen-bond acceptors (Lipinski definition) is 3. The molecular weight excluding hydrogens is 263 g/mol. The highest BCUT2D eigenvalue weighted by Crippen LogP contribution is 2.39. The fourth-order valence-electron chi connectivity index (χ4n) is 3.18. The van der Waals surface area contributed by atoms with Crippen LogP contribution in [0.5, 0.6) is 0 Å². The van der Waals surface area contributed by atoms with Gasteiger partial charge in [0.05, 0.1) is 16.8 Å². The van der Waals surface area contributed by atoms with E-state index >= 15 is 0 Å². The second-order valence-corrected chi connectivity index (χ2v) is 7.45. The molecule has 3 nitrogen and oxygen atoms in total. The van der Waals surface area contributed by atoms with Gasteiger partial charge in [-0.3, -0.25) is 0 Å². The van der Waals surface area contributed by atoms with Gasteiger partial charge in [0, 0.05) is 0 Å². The van der Waals surface area contributed by atoms with Gasteiger partial charge in [-0.25, -0.2) is 0 Å². The molecule has 1 aromatic carbocycles. The molecule has 114 valence electrons. The summed E-state index contributed by atoms with van der Waals surface area (Å²) in [6.07, 6.45) is 3.94. The smallest absolute Gasteiger partial charge is 0.399 e. The van der Waals surface area contributed by atoms with E-state index in [-0.39, 0.29) is 18.3 Å². The minimum Gasteiger partial charge on any atom is -0.399 e. The van der Waals surface area contributed by atoms with E-state index in [2.05, 4.69) is 27.7 Å². The largest absolute Gasteiger partial charge is 0.494 e. The van der Waals surface area contributed by atoms with E-state index in [0.29, 0.717) is 0 Å². The molecule has 1 aromatic rings. The molecule has 1 aliphatic carbocycles. The van der Waals surface area contributed by atoms with E-state index in [1.807, 2.05) is 24.3 Å². The topological polar surface area (TPSA) is 38.7 Å². The second kappa shape index (κ2) is 4.84. The molecule has 2 aliphatic rings. The maximum atomic E-state index is 10.6. The fraction of sp³-hybridized carbons (Fsp3) is 0.647. The Bertz CT molecular complexity index is 499. The standard InChI is InChI=1S/C17H25BO3/c1-15(2)16(3,4)21-18(20-15)14-9-7-13(8-10-14)17(19)11-5-6-12-17/h7-10,19H,5-6,11-12H2,1-4H3. The third-order valence-electron chi connectivity index (χ3n) is 5.40. The molecule has 0 atom stereocenters. The van der Waals surface area contributed by atoms with E-state index in [4.69, 9.17) is 9.31 Å². The average Bonchev–Trinajstić information content (AvgIpc) is 2.93. The first-order valence-corrected chi connectivity index (χ1v) is 7.92. The predicted octanol–water partition coefficient (Wildman–Crippen LogP) is 2.75. The van der Waals surface area contributed by atoms with Crippen LogP contribution in [0.15, 0.2) is 24.3 Å². The van der Waals surface area contributed by atoms with E-state index in [1.54, 1.807) is 0 Å². The molecule has 0 bridgehead atoms. The third kappa shape index (κ3) is 2.54. The number of hydrogen-bond donors (Lipinski definition) is 1. The van der Waals surface area contributed by atoms with Crippen molar-refractivity contribution in [2.45, 2.75) is 70.2 Å². The van der Waals surface area contributed by atoms with Crippen LogP contribution < -0.4 is 5.46 Å². The lowest BCUT2D eigenvalue weighted by atomic mass is 9.77. The monoisotopic (exact) mass is 288 g/mol. The highest BCUT2D eigenvalue weighted by atomic mass is 16.7. The van der Waals surface area contributed by atoms with Gasteiger partial charge in [-0.1, -0.05) is 37.1 Å². The van der Waals surface area contributed by atoms with Gasteiger partial charge >= 0.3 is 7.12 Å². The fourth-order valence-corrected chi connectivity index (χ4v) is 3.18. The maximum absolute atomic E-state index is 10.6. The summed E-state index contributed by atoms with van der Waals surface area (Å²) in [7, 11) is -0.331. The van der Waals surface area contributed by atoms with Gasteiger partial charge in [-0.2, -0.15) is 0 Å². The first-order valence-electron chi connectivity index (χ1n) is 7.92. The lowest BCUT2D eigenvalue weighted by Gasteiger charge is -2.32. The Labute approximate surface area is 127 Å². The van der Waals surface area contributed by atoms with Crippen molar-refractivity contribution in [1.82, 2.24) is 0 Å². The molecule has 21 heavy (non-hydrogen) atoms. The van der Waals surface area contributed by atoms with Gasteiger partial charge in [-0.05, 0) is 51.6 Å². The van der Waals surface area contributed by atoms with Crippen LogP contribution in [-0.2, 0) is 14.9 Å². The zero-order valence-electron chi connectivity index (χ0n) is 13.5. The molecule has 0 radical (unpaired) electrons. The lowest BCUT2D eigenvalue weighted by Crippen LogP contribution is -2.41. The Kier molecular flexibility index (Phi) is 3.47. The van der Waals surface area contributed by atoms with Gasteiger partial charge in [-0.15, -0.1) is 0 Å². The van der Waals surface area contributed by atoms with Crippen LogP contribution in [0.2, 0.25) is 0 Å². The van der Waals surface area contributed by atoms with Crippen molar-refractivity contribution in [3.8, 4) is 0 Å². The highest BCUT2D eigenvalue weighted by molar-refractivity contribution is 6.62. The Balaban J connectivity index is 1.80. The molecule has 4 heteroatoms. The minimum atomic E-state index is -0.630. The quantitative estimate of drug-likeness (QED) is 0.850. The van der Waals surface area contributed by atoms with Gasteiger partial charge in [0.25, 0.3) is 0 Å². The first kappa shape index (κ1) is 15.1. The summed E-state index contributed by atoms with van der Waals surface area (Å²) < 4.78 is 12.1. The summed E-state index contributed by atoms with van der Waals surface area (Å²) in [6, 6.07) is 8.08. The Hall–Kier alpha value is -0.835. The van der Waals surface area contributed by atoms with Crippen molar-refractivity contribution in [3.05, 3.63) is 29.8 Å². The van der Waals surface area contributed by atoms with Crippen LogP contribution in [0.25, 0.3) is 0 Å². The van der Waals surface area contributed by atoms with E-state index in [1.165, 1.54) is 0 Å². The summed E-state index contributed by atoms with van der Waals surface area (Å²) in [5, 5.41) is 10.6. The van der Waals surface area contributed by atoms with Crippen LogP contribution in [0.1, 0.15) is 58.9 Å². The summed E-state index contributed by atoms with van der Waals surface area (Å²) in [6.45, 7) is 8.23. The minimum absolute atomic E-state index is 0.319. The van der Waals surface area contributed by atoms with Gasteiger partial charge in [0.15, 0.2) is 0 Å². The molecule has 0 amide bonds. The van der Waals surface area contributed by atoms with Crippen molar-refractivity contribution < 1.29 is 14.4 Å². The zero-order valence-corrected chi connectivity index (χ0v) is 13.5. The van der Waals surface area contributed by atoms with Gasteiger partial charge < -0.3 is 14.4 Å². The molecule has 0 aromatic heterocycles. The van der Waals surface area contributed by atoms with Crippen LogP contribution in [0.4, 0.5) is 0 Å². The van der Waals surface area contributed by atoms with Crippen molar-refractivity contribution in [2.24, 2.45) is 0 Å². The van der Waals surface area contributed by atoms with Crippen LogP contribution in [0.3, 0.4) is 0 Å². The van der Waals surface area contributed by atoms with Crippen molar-refractivity contribution in [1.29, 1.82) is 0 Å². The number of benzene rings is 1. The Morgan fingerprint density at radius 1 is 0.905 bits per heavy atom. The molecule has 1 saturated carbocycles. The normalized spacial score (nSPS) is 26.2. The van der Waals surface area contributed by atoms with Crippen LogP contribution in [-0.4, -0.2) is 23.4 Å². The highest BCUT2D eigenvalue weighted by Gasteiger charge is 2.51. The van der Waals surface area contributed by atoms with E-state index < -0.39 is 5.60 Å².